The van der Waals surface area contributed by atoms with Crippen LogP contribution in [0.5, 0.6) is 11.5 Å². The van der Waals surface area contributed by atoms with Crippen LogP contribution in [0.3, 0.4) is 0 Å². The Bertz CT molecular complexity index is 1270. The Balaban J connectivity index is 1.42. The van der Waals surface area contributed by atoms with Crippen LogP contribution >= 0.6 is 15.9 Å². The van der Waals surface area contributed by atoms with E-state index >= 15 is 0 Å². The quantitative estimate of drug-likeness (QED) is 0.305. The minimum atomic E-state index is -4.54. The molecule has 32 heavy (non-hydrogen) atoms. The van der Waals surface area contributed by atoms with Gasteiger partial charge < -0.3 is 15.4 Å². The molecule has 0 radical (unpaired) electrons. The average molecular weight is 502 g/mol. The second-order valence-corrected chi connectivity index (χ2v) is 7.61. The van der Waals surface area contributed by atoms with Gasteiger partial charge in [0.2, 0.25) is 0 Å². The molecule has 9 heteroatoms. The Kier molecular flexibility index (Phi) is 6.00. The number of fused-ring (bicyclic) bond motifs is 1. The Morgan fingerprint density at radius 1 is 0.906 bits per heavy atom. The second-order valence-electron chi connectivity index (χ2n) is 6.76. The van der Waals surface area contributed by atoms with Gasteiger partial charge >= 0.3 is 12.2 Å². The zero-order valence-electron chi connectivity index (χ0n) is 16.3. The van der Waals surface area contributed by atoms with Gasteiger partial charge in [0.05, 0.1) is 11.8 Å². The normalized spacial score (nSPS) is 11.2. The molecule has 5 nitrogen and oxygen atoms in total. The van der Waals surface area contributed by atoms with Gasteiger partial charge in [-0.2, -0.15) is 13.2 Å². The minimum Gasteiger partial charge on any atom is -0.455 e. The van der Waals surface area contributed by atoms with Gasteiger partial charge in [0.1, 0.15) is 5.75 Å². The third-order valence-electron chi connectivity index (χ3n) is 4.50. The number of anilines is 2. The first-order valence-corrected chi connectivity index (χ1v) is 10.1. The number of pyridine rings is 1. The summed E-state index contributed by atoms with van der Waals surface area (Å²) in [6.45, 7) is 0. The smallest absolute Gasteiger partial charge is 0.417 e. The lowest BCUT2D eigenvalue weighted by atomic mass is 10.2. The van der Waals surface area contributed by atoms with Gasteiger partial charge in [-0.15, -0.1) is 0 Å². The molecule has 0 fully saturated rings. The molecular formula is C23H15BrF3N3O2. The van der Waals surface area contributed by atoms with Crippen LogP contribution in [0.1, 0.15) is 5.56 Å². The first-order chi connectivity index (χ1) is 15.3. The number of benzene rings is 3. The largest absolute Gasteiger partial charge is 0.455 e. The van der Waals surface area contributed by atoms with Crippen LogP contribution in [0.25, 0.3) is 10.8 Å². The van der Waals surface area contributed by atoms with Crippen molar-refractivity contribution in [1.29, 1.82) is 0 Å². The number of carbonyl (C=O) groups is 1. The number of urea groups is 1. The van der Waals surface area contributed by atoms with Crippen LogP contribution in [0.2, 0.25) is 0 Å². The van der Waals surface area contributed by atoms with Crippen LogP contribution in [-0.2, 0) is 6.18 Å². The summed E-state index contributed by atoms with van der Waals surface area (Å²) in [5, 5.41) is 6.83. The number of hydrogen-bond acceptors (Lipinski definition) is 3. The Labute approximate surface area is 189 Å². The molecular weight excluding hydrogens is 487 g/mol. The standard InChI is InChI=1S/C23H15BrF3N3O2/c24-20-10-7-16(11-19(20)23(25,26)27)30-22(31)29-15-5-8-17(9-6-15)32-21-13-28-12-14-3-1-2-4-18(14)21/h1-13H,(H2,29,30,31). The molecule has 162 valence electrons. The molecule has 4 aromatic rings. The van der Waals surface area contributed by atoms with Crippen molar-refractivity contribution in [1.82, 2.24) is 4.98 Å². The fraction of sp³-hybridized carbons (Fsp3) is 0.0435. The lowest BCUT2D eigenvalue weighted by molar-refractivity contribution is -0.138. The predicted molar refractivity (Wildman–Crippen MR) is 120 cm³/mol. The van der Waals surface area contributed by atoms with E-state index in [2.05, 4.69) is 31.5 Å². The van der Waals surface area contributed by atoms with Gasteiger partial charge in [0.25, 0.3) is 0 Å². The molecule has 3 aromatic carbocycles. The molecule has 2 amide bonds. The van der Waals surface area contributed by atoms with Gasteiger partial charge in [-0.05, 0) is 42.5 Å². The summed E-state index contributed by atoms with van der Waals surface area (Å²) in [4.78, 5) is 16.4. The molecule has 0 aliphatic rings. The molecule has 0 atom stereocenters. The van der Waals surface area contributed by atoms with Crippen molar-refractivity contribution in [2.24, 2.45) is 0 Å². The number of halogens is 4. The summed E-state index contributed by atoms with van der Waals surface area (Å²) in [5.41, 5.74) is -0.416. The van der Waals surface area contributed by atoms with Crippen LogP contribution < -0.4 is 15.4 Å². The zero-order valence-corrected chi connectivity index (χ0v) is 17.9. The third-order valence-corrected chi connectivity index (χ3v) is 5.19. The van der Waals surface area contributed by atoms with Crippen LogP contribution in [0, 0.1) is 0 Å². The van der Waals surface area contributed by atoms with Crippen molar-refractivity contribution in [3.05, 3.63) is 89.2 Å². The van der Waals surface area contributed by atoms with E-state index in [1.165, 1.54) is 12.1 Å². The van der Waals surface area contributed by atoms with E-state index < -0.39 is 17.8 Å². The highest BCUT2D eigenvalue weighted by Gasteiger charge is 2.33. The summed E-state index contributed by atoms with van der Waals surface area (Å²) >= 11 is 2.87. The van der Waals surface area contributed by atoms with Crippen LogP contribution in [0.15, 0.2) is 83.6 Å². The Hall–Kier alpha value is -3.59. The van der Waals surface area contributed by atoms with Gasteiger partial charge in [-0.25, -0.2) is 4.79 Å². The molecule has 0 unspecified atom stereocenters. The van der Waals surface area contributed by atoms with E-state index in [0.717, 1.165) is 16.8 Å². The molecule has 0 saturated carbocycles. The maximum atomic E-state index is 13.0. The number of alkyl halides is 3. The van der Waals surface area contributed by atoms with E-state index in [4.69, 9.17) is 4.74 Å². The predicted octanol–water partition coefficient (Wildman–Crippen LogP) is 7.45. The van der Waals surface area contributed by atoms with Crippen molar-refractivity contribution >= 4 is 44.1 Å². The van der Waals surface area contributed by atoms with Gasteiger partial charge in [-0.1, -0.05) is 40.2 Å². The minimum absolute atomic E-state index is 0.0152. The van der Waals surface area contributed by atoms with Crippen LogP contribution in [0.4, 0.5) is 29.3 Å². The molecule has 1 aromatic heterocycles. The Morgan fingerprint density at radius 3 is 2.34 bits per heavy atom. The molecule has 4 rings (SSSR count). The van der Waals surface area contributed by atoms with Gasteiger partial charge in [-0.3, -0.25) is 4.98 Å². The summed E-state index contributed by atoms with van der Waals surface area (Å²) in [6.07, 6.45) is -1.17. The first-order valence-electron chi connectivity index (χ1n) is 9.35. The highest BCUT2D eigenvalue weighted by molar-refractivity contribution is 9.10. The van der Waals surface area contributed by atoms with E-state index in [-0.39, 0.29) is 10.2 Å². The topological polar surface area (TPSA) is 63.2 Å². The molecule has 0 aliphatic carbocycles. The Morgan fingerprint density at radius 2 is 1.59 bits per heavy atom. The highest BCUT2D eigenvalue weighted by Crippen LogP contribution is 2.36. The number of nitrogens with zero attached hydrogens (tertiary/aromatic N) is 1. The second kappa shape index (κ2) is 8.88. The lowest BCUT2D eigenvalue weighted by Crippen LogP contribution is -2.19. The number of nitrogens with one attached hydrogen (secondary N) is 2. The summed E-state index contributed by atoms with van der Waals surface area (Å²) in [5.74, 6) is 1.13. The third kappa shape index (κ3) is 5.00. The summed E-state index contributed by atoms with van der Waals surface area (Å²) in [7, 11) is 0. The first kappa shape index (κ1) is 21.6. The van der Waals surface area contributed by atoms with E-state index in [1.807, 2.05) is 24.3 Å². The maximum Gasteiger partial charge on any atom is 0.417 e. The summed E-state index contributed by atoms with van der Waals surface area (Å²) in [6, 6.07) is 17.0. The fourth-order valence-corrected chi connectivity index (χ4v) is 3.49. The molecule has 1 heterocycles. The van der Waals surface area contributed by atoms with Crippen molar-refractivity contribution in [3.63, 3.8) is 0 Å². The average Bonchev–Trinajstić information content (AvgIpc) is 2.76. The van der Waals surface area contributed by atoms with Crippen LogP contribution in [-0.4, -0.2) is 11.0 Å². The zero-order chi connectivity index (χ0) is 22.7. The van der Waals surface area contributed by atoms with Crippen molar-refractivity contribution in [2.45, 2.75) is 6.18 Å². The maximum absolute atomic E-state index is 13.0. The fourth-order valence-electron chi connectivity index (χ4n) is 3.02. The number of hydrogen-bond donors (Lipinski definition) is 2. The molecule has 0 bridgehead atoms. The number of amides is 2. The van der Waals surface area contributed by atoms with Gasteiger partial charge in [0.15, 0.2) is 5.75 Å². The van der Waals surface area contributed by atoms with Crippen molar-refractivity contribution in [3.8, 4) is 11.5 Å². The summed E-state index contributed by atoms with van der Waals surface area (Å²) < 4.78 is 44.9. The van der Waals surface area contributed by atoms with Crippen molar-refractivity contribution < 1.29 is 22.7 Å². The van der Waals surface area contributed by atoms with E-state index in [9.17, 15) is 18.0 Å². The SMILES string of the molecule is O=C(Nc1ccc(Oc2cncc3ccccc23)cc1)Nc1ccc(Br)c(C(F)(F)F)c1. The lowest BCUT2D eigenvalue weighted by Gasteiger charge is -2.13. The molecule has 0 saturated heterocycles. The van der Waals surface area contributed by atoms with Gasteiger partial charge in [0, 0.05) is 32.8 Å². The number of ether oxygens (including phenoxy) is 1. The molecule has 2 N–H and O–H groups in total. The van der Waals surface area contributed by atoms with E-state index in [0.29, 0.717) is 17.2 Å². The molecule has 0 aliphatic heterocycles. The number of carbonyl (C=O) groups excluding carboxylic acids is 1. The molecule has 0 spiro atoms. The van der Waals surface area contributed by atoms with Crippen molar-refractivity contribution in [2.75, 3.05) is 10.6 Å². The number of rotatable bonds is 4. The highest BCUT2D eigenvalue weighted by atomic mass is 79.9. The van der Waals surface area contributed by atoms with E-state index in [1.54, 1.807) is 36.7 Å². The number of aromatic nitrogens is 1. The monoisotopic (exact) mass is 501 g/mol.